The third-order valence-electron chi connectivity index (χ3n) is 2.63. The van der Waals surface area contributed by atoms with E-state index in [0.717, 1.165) is 22.5 Å². The van der Waals surface area contributed by atoms with Crippen molar-refractivity contribution in [1.82, 2.24) is 10.3 Å². The van der Waals surface area contributed by atoms with Gasteiger partial charge in [0.25, 0.3) is 0 Å². The average Bonchev–Trinajstić information content (AvgIpc) is 2.39. The lowest BCUT2D eigenvalue weighted by Gasteiger charge is -2.08. The third kappa shape index (κ3) is 2.66. The van der Waals surface area contributed by atoms with Crippen LogP contribution in [0.25, 0.3) is 11.3 Å². The predicted molar refractivity (Wildman–Crippen MR) is 72.5 cm³/mol. The van der Waals surface area contributed by atoms with Crippen molar-refractivity contribution in [3.05, 3.63) is 48.2 Å². The normalized spacial score (nSPS) is 9.89. The van der Waals surface area contributed by atoms with Gasteiger partial charge >= 0.3 is 6.03 Å². The number of nitrogens with one attached hydrogen (secondary N) is 2. The molecule has 92 valence electrons. The van der Waals surface area contributed by atoms with E-state index in [4.69, 9.17) is 0 Å². The molecule has 0 aliphatic heterocycles. The fourth-order valence-corrected chi connectivity index (χ4v) is 1.73. The van der Waals surface area contributed by atoms with Crippen molar-refractivity contribution in [2.24, 2.45) is 0 Å². The molecular weight excluding hydrogens is 226 g/mol. The quantitative estimate of drug-likeness (QED) is 0.849. The lowest BCUT2D eigenvalue weighted by molar-refractivity contribution is 0.254. The molecule has 1 aromatic heterocycles. The number of carbonyl (C=O) groups excluding carboxylic acids is 1. The van der Waals surface area contributed by atoms with Crippen molar-refractivity contribution in [3.8, 4) is 11.3 Å². The number of pyridine rings is 1. The maximum atomic E-state index is 11.3. The summed E-state index contributed by atoms with van der Waals surface area (Å²) in [4.78, 5) is 15.6. The molecule has 1 aromatic carbocycles. The van der Waals surface area contributed by atoms with Gasteiger partial charge in [-0.1, -0.05) is 18.2 Å². The van der Waals surface area contributed by atoms with E-state index < -0.39 is 0 Å². The molecule has 0 radical (unpaired) electrons. The van der Waals surface area contributed by atoms with Crippen molar-refractivity contribution in [3.63, 3.8) is 0 Å². The topological polar surface area (TPSA) is 54.0 Å². The highest BCUT2D eigenvalue weighted by Crippen LogP contribution is 2.23. The second-order valence-electron chi connectivity index (χ2n) is 3.95. The molecule has 2 rings (SSSR count). The smallest absolute Gasteiger partial charge is 0.318 e. The van der Waals surface area contributed by atoms with Gasteiger partial charge in [-0.3, -0.25) is 4.98 Å². The van der Waals surface area contributed by atoms with Gasteiger partial charge in [0.2, 0.25) is 0 Å². The molecule has 2 N–H and O–H groups in total. The number of amides is 2. The molecule has 0 unspecified atom stereocenters. The molecule has 0 aliphatic carbocycles. The molecule has 0 bridgehead atoms. The standard InChI is InChI=1S/C14H15N3O/c1-10-5-4-8-16-13(10)11-6-3-7-12(9-11)17-14(18)15-2/h3-9H,1-2H3,(H2,15,17,18). The summed E-state index contributed by atoms with van der Waals surface area (Å²) in [6, 6.07) is 11.3. The molecule has 2 amide bonds. The first-order valence-electron chi connectivity index (χ1n) is 5.71. The number of hydrogen-bond acceptors (Lipinski definition) is 2. The number of carbonyl (C=O) groups is 1. The molecule has 2 aromatic rings. The van der Waals surface area contributed by atoms with Crippen molar-refractivity contribution in [2.75, 3.05) is 12.4 Å². The Labute approximate surface area is 106 Å². The van der Waals surface area contributed by atoms with Gasteiger partial charge < -0.3 is 10.6 Å². The molecule has 0 atom stereocenters. The van der Waals surface area contributed by atoms with Crippen LogP contribution in [0.3, 0.4) is 0 Å². The molecule has 0 spiro atoms. The second kappa shape index (κ2) is 5.31. The van der Waals surface area contributed by atoms with E-state index in [9.17, 15) is 4.79 Å². The maximum absolute atomic E-state index is 11.3. The molecule has 0 aliphatic rings. The molecule has 0 saturated carbocycles. The first-order chi connectivity index (χ1) is 8.70. The zero-order valence-electron chi connectivity index (χ0n) is 10.4. The zero-order valence-corrected chi connectivity index (χ0v) is 10.4. The summed E-state index contributed by atoms with van der Waals surface area (Å²) < 4.78 is 0. The number of aryl methyl sites for hydroxylation is 1. The Kier molecular flexibility index (Phi) is 3.57. The van der Waals surface area contributed by atoms with Crippen LogP contribution in [0.4, 0.5) is 10.5 Å². The van der Waals surface area contributed by atoms with Gasteiger partial charge in [-0.15, -0.1) is 0 Å². The summed E-state index contributed by atoms with van der Waals surface area (Å²) in [6.07, 6.45) is 1.77. The second-order valence-corrected chi connectivity index (χ2v) is 3.95. The lowest BCUT2D eigenvalue weighted by atomic mass is 10.1. The molecule has 0 fully saturated rings. The summed E-state index contributed by atoms with van der Waals surface area (Å²) in [7, 11) is 1.59. The Balaban J connectivity index is 2.33. The van der Waals surface area contributed by atoms with Crippen LogP contribution in [0.1, 0.15) is 5.56 Å². The highest BCUT2D eigenvalue weighted by molar-refractivity contribution is 5.89. The van der Waals surface area contributed by atoms with Gasteiger partial charge in [-0.05, 0) is 30.7 Å². The predicted octanol–water partition coefficient (Wildman–Crippen LogP) is 2.81. The Hall–Kier alpha value is -2.36. The Bertz CT molecular complexity index is 566. The van der Waals surface area contributed by atoms with Crippen LogP contribution in [0, 0.1) is 6.92 Å². The van der Waals surface area contributed by atoms with Crippen LogP contribution in [-0.2, 0) is 0 Å². The summed E-state index contributed by atoms with van der Waals surface area (Å²) in [6.45, 7) is 2.02. The van der Waals surface area contributed by atoms with Crippen LogP contribution in [0.5, 0.6) is 0 Å². The lowest BCUT2D eigenvalue weighted by Crippen LogP contribution is -2.24. The minimum absolute atomic E-state index is 0.232. The van der Waals surface area contributed by atoms with Gasteiger partial charge in [-0.25, -0.2) is 4.79 Å². The molecule has 4 heteroatoms. The zero-order chi connectivity index (χ0) is 13.0. The number of aromatic nitrogens is 1. The molecule has 4 nitrogen and oxygen atoms in total. The van der Waals surface area contributed by atoms with Crippen molar-refractivity contribution in [2.45, 2.75) is 6.92 Å². The first-order valence-corrected chi connectivity index (χ1v) is 5.71. The Morgan fingerprint density at radius 1 is 1.22 bits per heavy atom. The number of nitrogens with zero attached hydrogens (tertiary/aromatic N) is 1. The van der Waals surface area contributed by atoms with Crippen molar-refractivity contribution in [1.29, 1.82) is 0 Å². The fourth-order valence-electron chi connectivity index (χ4n) is 1.73. The highest BCUT2D eigenvalue weighted by atomic mass is 16.2. The number of benzene rings is 1. The maximum Gasteiger partial charge on any atom is 0.318 e. The Morgan fingerprint density at radius 2 is 2.06 bits per heavy atom. The Morgan fingerprint density at radius 3 is 2.78 bits per heavy atom. The van der Waals surface area contributed by atoms with Gasteiger partial charge in [0.15, 0.2) is 0 Å². The monoisotopic (exact) mass is 241 g/mol. The van der Waals surface area contributed by atoms with Gasteiger partial charge in [0.05, 0.1) is 5.69 Å². The third-order valence-corrected chi connectivity index (χ3v) is 2.63. The molecular formula is C14H15N3O. The summed E-state index contributed by atoms with van der Waals surface area (Å²) in [5, 5.41) is 5.26. The molecule has 1 heterocycles. The van der Waals surface area contributed by atoms with Gasteiger partial charge in [0.1, 0.15) is 0 Å². The van der Waals surface area contributed by atoms with Crippen LogP contribution in [0.15, 0.2) is 42.6 Å². The number of urea groups is 1. The van der Waals surface area contributed by atoms with E-state index in [2.05, 4.69) is 15.6 Å². The van der Waals surface area contributed by atoms with Crippen molar-refractivity contribution < 1.29 is 4.79 Å². The van der Waals surface area contributed by atoms with Crippen LogP contribution in [-0.4, -0.2) is 18.1 Å². The van der Waals surface area contributed by atoms with Crippen LogP contribution < -0.4 is 10.6 Å². The SMILES string of the molecule is CNC(=O)Nc1cccc(-c2ncccc2C)c1. The number of hydrogen-bond donors (Lipinski definition) is 2. The first kappa shape index (κ1) is 12.1. The van der Waals surface area contributed by atoms with E-state index in [0.29, 0.717) is 0 Å². The highest BCUT2D eigenvalue weighted by Gasteiger charge is 2.04. The average molecular weight is 241 g/mol. The fraction of sp³-hybridized carbons (Fsp3) is 0.143. The van der Waals surface area contributed by atoms with Gasteiger partial charge in [0, 0.05) is 24.5 Å². The van der Waals surface area contributed by atoms with E-state index in [1.165, 1.54) is 0 Å². The van der Waals surface area contributed by atoms with E-state index in [-0.39, 0.29) is 6.03 Å². The van der Waals surface area contributed by atoms with E-state index in [1.54, 1.807) is 13.2 Å². The van der Waals surface area contributed by atoms with Crippen molar-refractivity contribution >= 4 is 11.7 Å². The summed E-state index contributed by atoms with van der Waals surface area (Å²) in [5.41, 5.74) is 3.77. The van der Waals surface area contributed by atoms with E-state index in [1.807, 2.05) is 43.3 Å². The summed E-state index contributed by atoms with van der Waals surface area (Å²) in [5.74, 6) is 0. The molecule has 0 saturated heterocycles. The largest absolute Gasteiger partial charge is 0.341 e. The summed E-state index contributed by atoms with van der Waals surface area (Å²) >= 11 is 0. The number of anilines is 1. The minimum Gasteiger partial charge on any atom is -0.341 e. The van der Waals surface area contributed by atoms with Crippen LogP contribution >= 0.6 is 0 Å². The van der Waals surface area contributed by atoms with E-state index >= 15 is 0 Å². The molecule has 18 heavy (non-hydrogen) atoms. The minimum atomic E-state index is -0.232. The van der Waals surface area contributed by atoms with Crippen LogP contribution in [0.2, 0.25) is 0 Å². The number of rotatable bonds is 2. The van der Waals surface area contributed by atoms with Gasteiger partial charge in [-0.2, -0.15) is 0 Å².